The highest BCUT2D eigenvalue weighted by Gasteiger charge is 2.23. The Balaban J connectivity index is 1.89. The zero-order chi connectivity index (χ0) is 22.4. The maximum absolute atomic E-state index is 11.4. The molecule has 156 valence electrons. The standard InChI is InChI=1S/C22H14N6O4/c1-13-5-4-6-15(9-13)26-21(14-10-16(27(29)30)12-17(11-14)28(31)32)25-20-22(26)24-19-8-3-2-7-18(19)23-20/h2-12H,1H3. The molecule has 2 heterocycles. The fraction of sp³-hybridized carbons (Fsp3) is 0.0455. The van der Waals surface area contributed by atoms with Crippen LogP contribution in [0.25, 0.3) is 39.4 Å². The lowest BCUT2D eigenvalue weighted by atomic mass is 10.1. The van der Waals surface area contributed by atoms with Crippen molar-refractivity contribution in [2.24, 2.45) is 0 Å². The average Bonchev–Trinajstić information content (AvgIpc) is 3.15. The maximum atomic E-state index is 11.4. The molecule has 0 unspecified atom stereocenters. The molecule has 0 aliphatic carbocycles. The van der Waals surface area contributed by atoms with E-state index in [1.807, 2.05) is 55.5 Å². The molecule has 0 spiro atoms. The van der Waals surface area contributed by atoms with Gasteiger partial charge in [0.2, 0.25) is 0 Å². The Kier molecular flexibility index (Phi) is 4.33. The van der Waals surface area contributed by atoms with Gasteiger partial charge in [-0.25, -0.2) is 15.0 Å². The van der Waals surface area contributed by atoms with Crippen LogP contribution in [0.5, 0.6) is 0 Å². The average molecular weight is 426 g/mol. The lowest BCUT2D eigenvalue weighted by Crippen LogP contribution is -2.01. The predicted octanol–water partition coefficient (Wildman–Crippen LogP) is 4.76. The van der Waals surface area contributed by atoms with Crippen molar-refractivity contribution in [2.45, 2.75) is 6.92 Å². The number of non-ortho nitro benzene ring substituents is 2. The van der Waals surface area contributed by atoms with Crippen molar-refractivity contribution < 1.29 is 9.85 Å². The molecule has 3 aromatic carbocycles. The first-order valence-corrected chi connectivity index (χ1v) is 9.57. The van der Waals surface area contributed by atoms with Crippen molar-refractivity contribution in [2.75, 3.05) is 0 Å². The normalized spacial score (nSPS) is 11.2. The summed E-state index contributed by atoms with van der Waals surface area (Å²) in [6, 6.07) is 18.3. The Hall–Kier alpha value is -4.73. The number of para-hydroxylation sites is 2. The van der Waals surface area contributed by atoms with Crippen molar-refractivity contribution in [3.63, 3.8) is 0 Å². The van der Waals surface area contributed by atoms with Crippen LogP contribution >= 0.6 is 0 Å². The van der Waals surface area contributed by atoms with Crippen LogP contribution in [0.2, 0.25) is 0 Å². The summed E-state index contributed by atoms with van der Waals surface area (Å²) < 4.78 is 1.71. The van der Waals surface area contributed by atoms with Crippen LogP contribution in [-0.2, 0) is 0 Å². The van der Waals surface area contributed by atoms with E-state index in [1.54, 1.807) is 4.57 Å². The number of nitro groups is 2. The molecular weight excluding hydrogens is 412 g/mol. The molecule has 0 radical (unpaired) electrons. The molecular formula is C22H14N6O4. The summed E-state index contributed by atoms with van der Waals surface area (Å²) in [5.41, 5.74) is 3.18. The topological polar surface area (TPSA) is 130 Å². The lowest BCUT2D eigenvalue weighted by Gasteiger charge is -2.10. The SMILES string of the molecule is Cc1cccc(-n2c(-c3cc([N+](=O)[O-])cc([N+](=O)[O-])c3)nc3nc4ccccc4nc32)c1. The van der Waals surface area contributed by atoms with E-state index in [-0.39, 0.29) is 11.4 Å². The van der Waals surface area contributed by atoms with Crippen LogP contribution in [0.1, 0.15) is 5.56 Å². The third-order valence-electron chi connectivity index (χ3n) is 5.01. The second kappa shape index (κ2) is 7.20. The van der Waals surface area contributed by atoms with E-state index in [0.717, 1.165) is 11.6 Å². The van der Waals surface area contributed by atoms with Crippen LogP contribution in [0.4, 0.5) is 11.4 Å². The maximum Gasteiger partial charge on any atom is 0.277 e. The third kappa shape index (κ3) is 3.19. The second-order valence-corrected chi connectivity index (χ2v) is 7.22. The van der Waals surface area contributed by atoms with Gasteiger partial charge in [-0.05, 0) is 36.8 Å². The smallest absolute Gasteiger partial charge is 0.275 e. The molecule has 0 aliphatic heterocycles. The number of nitrogens with zero attached hydrogens (tertiary/aromatic N) is 6. The van der Waals surface area contributed by atoms with E-state index >= 15 is 0 Å². The highest BCUT2D eigenvalue weighted by molar-refractivity contribution is 5.86. The highest BCUT2D eigenvalue weighted by Crippen LogP contribution is 2.33. The molecule has 0 bridgehead atoms. The minimum atomic E-state index is -0.666. The Bertz CT molecular complexity index is 1530. The van der Waals surface area contributed by atoms with E-state index in [0.29, 0.717) is 28.0 Å². The number of rotatable bonds is 4. The van der Waals surface area contributed by atoms with Gasteiger partial charge in [-0.2, -0.15) is 0 Å². The van der Waals surface area contributed by atoms with Gasteiger partial charge in [0.25, 0.3) is 11.4 Å². The van der Waals surface area contributed by atoms with E-state index in [1.165, 1.54) is 12.1 Å². The largest absolute Gasteiger partial charge is 0.277 e. The number of imidazole rings is 1. The van der Waals surface area contributed by atoms with E-state index in [9.17, 15) is 20.2 Å². The van der Waals surface area contributed by atoms with Gasteiger partial charge in [0.05, 0.1) is 26.9 Å². The number of benzene rings is 3. The van der Waals surface area contributed by atoms with Gasteiger partial charge in [-0.1, -0.05) is 24.3 Å². The minimum absolute atomic E-state index is 0.219. The van der Waals surface area contributed by atoms with E-state index < -0.39 is 21.2 Å². The quantitative estimate of drug-likeness (QED) is 0.299. The van der Waals surface area contributed by atoms with Crippen molar-refractivity contribution in [3.8, 4) is 17.1 Å². The van der Waals surface area contributed by atoms with Crippen molar-refractivity contribution in [1.29, 1.82) is 0 Å². The summed E-state index contributed by atoms with van der Waals surface area (Å²) in [6.45, 7) is 1.93. The third-order valence-corrected chi connectivity index (χ3v) is 5.01. The van der Waals surface area contributed by atoms with Gasteiger partial charge in [-0.3, -0.25) is 24.8 Å². The second-order valence-electron chi connectivity index (χ2n) is 7.22. The fourth-order valence-corrected chi connectivity index (χ4v) is 3.60. The van der Waals surface area contributed by atoms with Crippen LogP contribution in [0.15, 0.2) is 66.7 Å². The van der Waals surface area contributed by atoms with Gasteiger partial charge in [0, 0.05) is 23.4 Å². The molecule has 0 amide bonds. The predicted molar refractivity (Wildman–Crippen MR) is 118 cm³/mol. The molecule has 2 aromatic heterocycles. The molecule has 0 saturated heterocycles. The lowest BCUT2D eigenvalue weighted by molar-refractivity contribution is -0.394. The minimum Gasteiger partial charge on any atom is -0.275 e. The van der Waals surface area contributed by atoms with Crippen LogP contribution in [0.3, 0.4) is 0 Å². The first kappa shape index (κ1) is 19.2. The van der Waals surface area contributed by atoms with Gasteiger partial charge < -0.3 is 0 Å². The summed E-state index contributed by atoms with van der Waals surface area (Å²) >= 11 is 0. The molecule has 5 rings (SSSR count). The fourth-order valence-electron chi connectivity index (χ4n) is 3.60. The monoisotopic (exact) mass is 426 g/mol. The molecule has 0 fully saturated rings. The molecule has 0 aliphatic rings. The Morgan fingerprint density at radius 3 is 2.06 bits per heavy atom. The summed E-state index contributed by atoms with van der Waals surface area (Å²) in [7, 11) is 0. The summed E-state index contributed by atoms with van der Waals surface area (Å²) in [5.74, 6) is 0.271. The van der Waals surface area contributed by atoms with Crippen molar-refractivity contribution >= 4 is 33.7 Å². The summed E-state index contributed by atoms with van der Waals surface area (Å²) in [6.07, 6.45) is 0. The summed E-state index contributed by atoms with van der Waals surface area (Å²) in [5, 5.41) is 22.8. The van der Waals surface area contributed by atoms with Crippen molar-refractivity contribution in [1.82, 2.24) is 19.5 Å². The number of hydrogen-bond donors (Lipinski definition) is 0. The number of hydrogen-bond acceptors (Lipinski definition) is 7. The van der Waals surface area contributed by atoms with Gasteiger partial charge in [0.1, 0.15) is 5.82 Å². The molecule has 0 atom stereocenters. The number of aromatic nitrogens is 4. The summed E-state index contributed by atoms with van der Waals surface area (Å²) in [4.78, 5) is 35.4. The zero-order valence-corrected chi connectivity index (χ0v) is 16.7. The Labute approximate surface area is 180 Å². The molecule has 5 aromatic rings. The van der Waals surface area contributed by atoms with Crippen LogP contribution in [-0.4, -0.2) is 29.4 Å². The van der Waals surface area contributed by atoms with Crippen LogP contribution in [0, 0.1) is 27.2 Å². The number of fused-ring (bicyclic) bond motifs is 2. The number of aryl methyl sites for hydroxylation is 1. The van der Waals surface area contributed by atoms with Gasteiger partial charge in [-0.15, -0.1) is 0 Å². The zero-order valence-electron chi connectivity index (χ0n) is 16.7. The molecule has 10 nitrogen and oxygen atoms in total. The van der Waals surface area contributed by atoms with E-state index in [2.05, 4.69) is 9.97 Å². The Morgan fingerprint density at radius 1 is 0.781 bits per heavy atom. The highest BCUT2D eigenvalue weighted by atomic mass is 16.6. The first-order valence-electron chi connectivity index (χ1n) is 9.57. The molecule has 10 heteroatoms. The molecule has 32 heavy (non-hydrogen) atoms. The van der Waals surface area contributed by atoms with Crippen LogP contribution < -0.4 is 0 Å². The molecule has 0 N–H and O–H groups in total. The van der Waals surface area contributed by atoms with Gasteiger partial charge in [0.15, 0.2) is 11.3 Å². The molecule has 0 saturated carbocycles. The van der Waals surface area contributed by atoms with Gasteiger partial charge >= 0.3 is 0 Å². The van der Waals surface area contributed by atoms with E-state index in [4.69, 9.17) is 4.98 Å². The first-order chi connectivity index (χ1) is 15.4. The number of nitro benzene ring substituents is 2. The van der Waals surface area contributed by atoms with Crippen molar-refractivity contribution in [3.05, 3.63) is 92.5 Å². The Morgan fingerprint density at radius 2 is 1.44 bits per heavy atom.